The number of para-hydroxylation sites is 1. The zero-order valence-corrected chi connectivity index (χ0v) is 33.9. The minimum atomic E-state index is -0.561. The number of hydrogen-bond acceptors (Lipinski definition) is 2. The van der Waals surface area contributed by atoms with E-state index >= 15 is 0 Å². The summed E-state index contributed by atoms with van der Waals surface area (Å²) in [6, 6.07) is 78.5. The highest BCUT2D eigenvalue weighted by Crippen LogP contribution is 2.59. The Kier molecular flexibility index (Phi) is 8.38. The number of furan rings is 1. The van der Waals surface area contributed by atoms with Crippen LogP contribution >= 0.6 is 0 Å². The van der Waals surface area contributed by atoms with Gasteiger partial charge in [-0.1, -0.05) is 170 Å². The van der Waals surface area contributed by atoms with E-state index in [0.717, 1.165) is 51.8 Å². The molecule has 0 aliphatic heterocycles. The van der Waals surface area contributed by atoms with Crippen molar-refractivity contribution in [1.29, 1.82) is 0 Å². The fourth-order valence-electron chi connectivity index (χ4n) is 10.6. The lowest BCUT2D eigenvalue weighted by atomic mass is 9.67. The largest absolute Gasteiger partial charge is 0.456 e. The third kappa shape index (κ3) is 5.63. The first kappa shape index (κ1) is 35.5. The monoisotopic (exact) mass is 781 g/mol. The Labute approximate surface area is 357 Å². The predicted molar refractivity (Wildman–Crippen MR) is 253 cm³/mol. The highest BCUT2D eigenvalue weighted by Gasteiger charge is 2.47. The van der Waals surface area contributed by atoms with Crippen molar-refractivity contribution in [2.45, 2.75) is 31.1 Å². The van der Waals surface area contributed by atoms with Gasteiger partial charge in [0.25, 0.3) is 0 Å². The van der Waals surface area contributed by atoms with E-state index in [0.29, 0.717) is 0 Å². The second-order valence-corrected chi connectivity index (χ2v) is 16.6. The van der Waals surface area contributed by atoms with E-state index in [1.54, 1.807) is 0 Å². The maximum absolute atomic E-state index is 6.61. The van der Waals surface area contributed by atoms with E-state index in [9.17, 15) is 0 Å². The molecule has 2 aliphatic carbocycles. The average Bonchev–Trinajstić information content (AvgIpc) is 3.86. The van der Waals surface area contributed by atoms with Crippen LogP contribution in [0.25, 0.3) is 55.3 Å². The number of anilines is 3. The molecule has 2 aliphatic rings. The third-order valence-corrected chi connectivity index (χ3v) is 13.3. The molecule has 0 unspecified atom stereocenters. The van der Waals surface area contributed by atoms with E-state index in [-0.39, 0.29) is 0 Å². The van der Waals surface area contributed by atoms with Crippen LogP contribution in [0.2, 0.25) is 0 Å². The van der Waals surface area contributed by atoms with Crippen molar-refractivity contribution in [3.05, 3.63) is 246 Å². The smallest absolute Gasteiger partial charge is 0.137 e. The summed E-state index contributed by atoms with van der Waals surface area (Å²) in [6.07, 6.45) is 4.74. The van der Waals surface area contributed by atoms with Crippen LogP contribution in [0.4, 0.5) is 17.1 Å². The van der Waals surface area contributed by atoms with Crippen LogP contribution in [-0.4, -0.2) is 0 Å². The van der Waals surface area contributed by atoms with Crippen LogP contribution in [0.3, 0.4) is 0 Å². The average molecular weight is 782 g/mol. The zero-order chi connectivity index (χ0) is 40.3. The Morgan fingerprint density at radius 3 is 1.79 bits per heavy atom. The summed E-state index contributed by atoms with van der Waals surface area (Å²) in [7, 11) is 0. The van der Waals surface area contributed by atoms with Crippen LogP contribution in [0, 0.1) is 0 Å². The second kappa shape index (κ2) is 14.4. The van der Waals surface area contributed by atoms with Crippen molar-refractivity contribution in [2.24, 2.45) is 0 Å². The van der Waals surface area contributed by atoms with E-state index < -0.39 is 5.41 Å². The summed E-state index contributed by atoms with van der Waals surface area (Å²) in [5.74, 6) is 0. The zero-order valence-electron chi connectivity index (χ0n) is 33.9. The SMILES string of the molecule is c1ccc(-c2ccc(N(c3cc4c(cc3-c3ccc5c(c3)CCCC5)-c3ccccc3C4(c3ccccc3)c3ccccc3)c3cccc4oc5ccccc5c34)cc2)cc1. The third-order valence-electron chi connectivity index (χ3n) is 13.3. The van der Waals surface area contributed by atoms with Crippen LogP contribution in [-0.2, 0) is 18.3 Å². The van der Waals surface area contributed by atoms with Gasteiger partial charge in [-0.05, 0) is 129 Å². The maximum atomic E-state index is 6.61. The molecular formula is C59H43NO. The second-order valence-electron chi connectivity index (χ2n) is 16.6. The number of hydrogen-bond donors (Lipinski definition) is 0. The Balaban J connectivity index is 1.21. The van der Waals surface area contributed by atoms with Gasteiger partial charge >= 0.3 is 0 Å². The number of rotatable bonds is 7. The van der Waals surface area contributed by atoms with Crippen molar-refractivity contribution in [3.8, 4) is 33.4 Å². The summed E-state index contributed by atoms with van der Waals surface area (Å²) in [6.45, 7) is 0. The molecule has 0 saturated heterocycles. The van der Waals surface area contributed by atoms with Gasteiger partial charge in [0.15, 0.2) is 0 Å². The number of aryl methyl sites for hydroxylation is 2. The molecule has 290 valence electrons. The van der Waals surface area contributed by atoms with Gasteiger partial charge in [-0.25, -0.2) is 0 Å². The molecule has 0 N–H and O–H groups in total. The summed E-state index contributed by atoms with van der Waals surface area (Å²) in [5, 5.41) is 2.20. The number of nitrogens with zero attached hydrogens (tertiary/aromatic N) is 1. The van der Waals surface area contributed by atoms with Gasteiger partial charge in [-0.3, -0.25) is 0 Å². The highest BCUT2D eigenvalue weighted by molar-refractivity contribution is 6.14. The molecule has 9 aromatic carbocycles. The van der Waals surface area contributed by atoms with Crippen LogP contribution in [0.15, 0.2) is 217 Å². The van der Waals surface area contributed by atoms with E-state index in [4.69, 9.17) is 4.42 Å². The minimum absolute atomic E-state index is 0.561. The Morgan fingerprint density at radius 2 is 1.02 bits per heavy atom. The van der Waals surface area contributed by atoms with Crippen molar-refractivity contribution >= 4 is 39.0 Å². The normalized spacial score (nSPS) is 13.8. The standard InChI is InChI=1S/C59H43NO/c1-4-17-40(18-5-1)42-33-35-47(36-34-42)60(54-28-16-30-57-58(54)49-26-13-15-29-56(49)61-57)55-39-53-51(38-50(55)44-32-31-41-19-10-11-20-43(41)37-44)48-25-12-14-27-52(48)59(53,45-21-6-2-7-22-45)46-23-8-3-9-24-46/h1-9,12-18,21-39H,10-11,19-20H2. The van der Waals surface area contributed by atoms with Crippen LogP contribution in [0.1, 0.15) is 46.2 Å². The van der Waals surface area contributed by atoms with Crippen molar-refractivity contribution in [1.82, 2.24) is 0 Å². The molecule has 1 heterocycles. The van der Waals surface area contributed by atoms with Gasteiger partial charge < -0.3 is 9.32 Å². The molecular weight excluding hydrogens is 739 g/mol. The Bertz CT molecular complexity index is 3200. The summed E-state index contributed by atoms with van der Waals surface area (Å²) >= 11 is 0. The first-order valence-electron chi connectivity index (χ1n) is 21.6. The van der Waals surface area contributed by atoms with Gasteiger partial charge in [0.05, 0.1) is 22.2 Å². The molecule has 0 fully saturated rings. The first-order chi connectivity index (χ1) is 30.3. The molecule has 1 aromatic heterocycles. The van der Waals surface area contributed by atoms with Crippen molar-refractivity contribution in [2.75, 3.05) is 4.90 Å². The summed E-state index contributed by atoms with van der Waals surface area (Å²) < 4.78 is 6.61. The number of fused-ring (bicyclic) bond motifs is 7. The van der Waals surface area contributed by atoms with Gasteiger partial charge in [-0.2, -0.15) is 0 Å². The molecule has 0 radical (unpaired) electrons. The van der Waals surface area contributed by atoms with Crippen LogP contribution in [0.5, 0.6) is 0 Å². The molecule has 0 spiro atoms. The summed E-state index contributed by atoms with van der Waals surface area (Å²) in [5.41, 5.74) is 19.9. The number of benzene rings is 9. The molecule has 2 heteroatoms. The molecule has 2 nitrogen and oxygen atoms in total. The highest BCUT2D eigenvalue weighted by atomic mass is 16.3. The van der Waals surface area contributed by atoms with Crippen molar-refractivity contribution < 1.29 is 4.42 Å². The molecule has 0 bridgehead atoms. The lowest BCUT2D eigenvalue weighted by Gasteiger charge is -2.35. The lowest BCUT2D eigenvalue weighted by molar-refractivity contribution is 0.669. The fourth-order valence-corrected chi connectivity index (χ4v) is 10.6. The fraction of sp³-hybridized carbons (Fsp3) is 0.0847. The molecule has 12 rings (SSSR count). The van der Waals surface area contributed by atoms with Crippen LogP contribution < -0.4 is 4.90 Å². The molecule has 10 aromatic rings. The van der Waals surface area contributed by atoms with Gasteiger partial charge in [0.1, 0.15) is 11.2 Å². The molecule has 61 heavy (non-hydrogen) atoms. The molecule has 0 atom stereocenters. The molecule has 0 saturated carbocycles. The summed E-state index contributed by atoms with van der Waals surface area (Å²) in [4.78, 5) is 2.51. The first-order valence-corrected chi connectivity index (χ1v) is 21.6. The minimum Gasteiger partial charge on any atom is -0.456 e. The molecule has 0 amide bonds. The van der Waals surface area contributed by atoms with E-state index in [2.05, 4.69) is 217 Å². The van der Waals surface area contributed by atoms with Crippen molar-refractivity contribution in [3.63, 3.8) is 0 Å². The lowest BCUT2D eigenvalue weighted by Crippen LogP contribution is -2.28. The quantitative estimate of drug-likeness (QED) is 0.160. The Hall–Kier alpha value is -7.42. The van der Waals surface area contributed by atoms with Gasteiger partial charge in [0.2, 0.25) is 0 Å². The topological polar surface area (TPSA) is 16.4 Å². The van der Waals surface area contributed by atoms with Gasteiger partial charge in [-0.15, -0.1) is 0 Å². The van der Waals surface area contributed by atoms with E-state index in [1.807, 2.05) is 0 Å². The van der Waals surface area contributed by atoms with Gasteiger partial charge in [0, 0.05) is 16.6 Å². The van der Waals surface area contributed by atoms with E-state index in [1.165, 1.54) is 79.6 Å². The Morgan fingerprint density at radius 1 is 0.393 bits per heavy atom. The predicted octanol–water partition coefficient (Wildman–Crippen LogP) is 15.6. The maximum Gasteiger partial charge on any atom is 0.137 e.